The van der Waals surface area contributed by atoms with E-state index in [-0.39, 0.29) is 12.4 Å². The molecule has 2 atom stereocenters. The summed E-state index contributed by atoms with van der Waals surface area (Å²) in [4.78, 5) is 0. The van der Waals surface area contributed by atoms with Crippen LogP contribution in [0.25, 0.3) is 0 Å². The first kappa shape index (κ1) is 24.1. The highest BCUT2D eigenvalue weighted by atomic mass is 35.5. The van der Waals surface area contributed by atoms with E-state index in [1.54, 1.807) is 26.4 Å². The van der Waals surface area contributed by atoms with Gasteiger partial charge in [0.15, 0.2) is 11.5 Å². The van der Waals surface area contributed by atoms with E-state index in [0.717, 1.165) is 12.0 Å². The fraction of sp³-hybridized carbons (Fsp3) is 0.455. The minimum Gasteiger partial charge on any atom is -0.493 e. The minimum absolute atomic E-state index is 0. The molecule has 2 rings (SSSR count). The molecule has 3 N–H and O–H groups in total. The Morgan fingerprint density at radius 2 is 1.54 bits per heavy atom. The first-order valence-corrected chi connectivity index (χ1v) is 9.32. The molecule has 0 bridgehead atoms. The predicted octanol–water partition coefficient (Wildman–Crippen LogP) is 4.50. The summed E-state index contributed by atoms with van der Waals surface area (Å²) in [7, 11) is 3.16. The number of aliphatic hydroxyl groups is 1. The summed E-state index contributed by atoms with van der Waals surface area (Å²) in [5, 5.41) is 10.6. The summed E-state index contributed by atoms with van der Waals surface area (Å²) in [6, 6.07) is 12.9. The molecule has 0 fully saturated rings. The monoisotopic (exact) mass is 409 g/mol. The summed E-state index contributed by atoms with van der Waals surface area (Å²) < 4.78 is 16.8. The lowest BCUT2D eigenvalue weighted by atomic mass is 9.95. The maximum Gasteiger partial charge on any atom is 0.164 e. The van der Waals surface area contributed by atoms with Crippen LogP contribution in [0.15, 0.2) is 42.5 Å². The van der Waals surface area contributed by atoms with Gasteiger partial charge in [-0.15, -0.1) is 12.4 Å². The van der Waals surface area contributed by atoms with Crippen LogP contribution in [0.4, 0.5) is 0 Å². The van der Waals surface area contributed by atoms with Crippen LogP contribution in [-0.4, -0.2) is 25.4 Å². The zero-order valence-electron chi connectivity index (χ0n) is 17.1. The fourth-order valence-electron chi connectivity index (χ4n) is 2.89. The van der Waals surface area contributed by atoms with Gasteiger partial charge in [-0.1, -0.05) is 44.2 Å². The number of nitrogens with two attached hydrogens (primary N) is 1. The molecule has 0 aliphatic heterocycles. The number of hydrogen-bond donors (Lipinski definition) is 2. The molecule has 2 aromatic rings. The summed E-state index contributed by atoms with van der Waals surface area (Å²) in [6.07, 6.45) is 0.873. The Labute approximate surface area is 174 Å². The Hall–Kier alpha value is -1.95. The SMILES string of the molecule is COc1cc(OCc2ccccc2)c([C@@H](N)[C@@H](O)CCC(C)C)cc1OC.Cl. The van der Waals surface area contributed by atoms with Crippen LogP contribution in [0, 0.1) is 5.92 Å². The molecule has 0 aliphatic carbocycles. The zero-order valence-corrected chi connectivity index (χ0v) is 17.9. The van der Waals surface area contributed by atoms with Crippen molar-refractivity contribution < 1.29 is 19.3 Å². The number of methoxy groups -OCH3 is 2. The second-order valence-electron chi connectivity index (χ2n) is 7.08. The van der Waals surface area contributed by atoms with Gasteiger partial charge in [-0.3, -0.25) is 0 Å². The lowest BCUT2D eigenvalue weighted by Gasteiger charge is -2.24. The maximum absolute atomic E-state index is 10.6. The van der Waals surface area contributed by atoms with Crippen molar-refractivity contribution in [2.24, 2.45) is 11.7 Å². The highest BCUT2D eigenvalue weighted by Crippen LogP contribution is 2.38. The van der Waals surface area contributed by atoms with E-state index >= 15 is 0 Å². The second kappa shape index (κ2) is 11.8. The molecule has 2 aromatic carbocycles. The highest BCUT2D eigenvalue weighted by molar-refractivity contribution is 5.85. The van der Waals surface area contributed by atoms with Gasteiger partial charge < -0.3 is 25.1 Å². The van der Waals surface area contributed by atoms with E-state index in [1.807, 2.05) is 30.3 Å². The predicted molar refractivity (Wildman–Crippen MR) is 115 cm³/mol. The lowest BCUT2D eigenvalue weighted by Crippen LogP contribution is -2.27. The standard InChI is InChI=1S/C22H31NO4.ClH/c1-15(2)10-11-18(24)22(23)17-12-20(25-3)21(26-4)13-19(17)27-14-16-8-6-5-7-9-16;/h5-9,12-13,15,18,22,24H,10-11,14,23H2,1-4H3;1H/t18-,22+;/m0./s1. The molecule has 0 saturated heterocycles. The van der Waals surface area contributed by atoms with Crippen LogP contribution >= 0.6 is 12.4 Å². The van der Waals surface area contributed by atoms with E-state index in [1.165, 1.54) is 0 Å². The quantitative estimate of drug-likeness (QED) is 0.604. The van der Waals surface area contributed by atoms with Crippen molar-refractivity contribution >= 4 is 12.4 Å². The number of hydrogen-bond acceptors (Lipinski definition) is 5. The third kappa shape index (κ3) is 6.59. The molecule has 28 heavy (non-hydrogen) atoms. The van der Waals surface area contributed by atoms with Crippen LogP contribution in [-0.2, 0) is 6.61 Å². The van der Waals surface area contributed by atoms with Gasteiger partial charge in [-0.2, -0.15) is 0 Å². The van der Waals surface area contributed by atoms with Crippen LogP contribution in [0.2, 0.25) is 0 Å². The van der Waals surface area contributed by atoms with Crippen LogP contribution in [0.5, 0.6) is 17.2 Å². The molecule has 0 radical (unpaired) electrons. The van der Waals surface area contributed by atoms with Crippen LogP contribution in [0.1, 0.15) is 43.9 Å². The minimum atomic E-state index is -0.662. The third-order valence-corrected chi connectivity index (χ3v) is 4.57. The van der Waals surface area contributed by atoms with Gasteiger partial charge >= 0.3 is 0 Å². The van der Waals surface area contributed by atoms with Crippen molar-refractivity contribution in [3.05, 3.63) is 53.6 Å². The molecule has 0 saturated carbocycles. The molecule has 6 heteroatoms. The average molecular weight is 410 g/mol. The topological polar surface area (TPSA) is 73.9 Å². The number of halogens is 1. The number of benzene rings is 2. The molecule has 0 unspecified atom stereocenters. The summed E-state index contributed by atoms with van der Waals surface area (Å²) in [6.45, 7) is 4.66. The van der Waals surface area contributed by atoms with Crippen molar-refractivity contribution in [1.29, 1.82) is 0 Å². The molecule has 156 valence electrons. The maximum atomic E-state index is 10.6. The van der Waals surface area contributed by atoms with E-state index < -0.39 is 12.1 Å². The Morgan fingerprint density at radius 3 is 2.11 bits per heavy atom. The fourth-order valence-corrected chi connectivity index (χ4v) is 2.89. The molecule has 0 heterocycles. The number of rotatable bonds is 10. The Balaban J connectivity index is 0.00000392. The summed E-state index contributed by atoms with van der Waals surface area (Å²) in [5.74, 6) is 2.22. The molecule has 5 nitrogen and oxygen atoms in total. The molecule has 0 amide bonds. The molecule has 0 aromatic heterocycles. The summed E-state index contributed by atoms with van der Waals surface area (Å²) >= 11 is 0. The average Bonchev–Trinajstić information content (AvgIpc) is 2.69. The second-order valence-corrected chi connectivity index (χ2v) is 7.08. The Bertz CT molecular complexity index is 709. The van der Waals surface area contributed by atoms with E-state index in [4.69, 9.17) is 19.9 Å². The lowest BCUT2D eigenvalue weighted by molar-refractivity contribution is 0.126. The van der Waals surface area contributed by atoms with Gasteiger partial charge in [0.25, 0.3) is 0 Å². The molecular weight excluding hydrogens is 378 g/mol. The van der Waals surface area contributed by atoms with Crippen molar-refractivity contribution in [3.8, 4) is 17.2 Å². The van der Waals surface area contributed by atoms with Gasteiger partial charge in [-0.25, -0.2) is 0 Å². The van der Waals surface area contributed by atoms with Gasteiger partial charge in [0.05, 0.1) is 26.4 Å². The first-order chi connectivity index (χ1) is 13.0. The Morgan fingerprint density at radius 1 is 0.929 bits per heavy atom. The molecule has 0 aliphatic rings. The van der Waals surface area contributed by atoms with Gasteiger partial charge in [0.2, 0.25) is 0 Å². The smallest absolute Gasteiger partial charge is 0.164 e. The van der Waals surface area contributed by atoms with E-state index in [0.29, 0.717) is 41.8 Å². The number of ether oxygens (including phenoxy) is 3. The highest BCUT2D eigenvalue weighted by Gasteiger charge is 2.23. The van der Waals surface area contributed by atoms with Crippen LogP contribution < -0.4 is 19.9 Å². The third-order valence-electron chi connectivity index (χ3n) is 4.57. The molecular formula is C22H32ClNO4. The van der Waals surface area contributed by atoms with Gasteiger partial charge in [0.1, 0.15) is 12.4 Å². The first-order valence-electron chi connectivity index (χ1n) is 9.32. The normalized spacial score (nSPS) is 12.8. The van der Waals surface area contributed by atoms with Crippen LogP contribution in [0.3, 0.4) is 0 Å². The van der Waals surface area contributed by atoms with Gasteiger partial charge in [0, 0.05) is 11.6 Å². The zero-order chi connectivity index (χ0) is 19.8. The van der Waals surface area contributed by atoms with E-state index in [9.17, 15) is 5.11 Å². The van der Waals surface area contributed by atoms with Crippen molar-refractivity contribution in [3.63, 3.8) is 0 Å². The van der Waals surface area contributed by atoms with Crippen molar-refractivity contribution in [2.45, 2.75) is 45.4 Å². The number of aliphatic hydroxyl groups excluding tert-OH is 1. The van der Waals surface area contributed by atoms with Crippen molar-refractivity contribution in [1.82, 2.24) is 0 Å². The largest absolute Gasteiger partial charge is 0.493 e. The molecule has 0 spiro atoms. The van der Waals surface area contributed by atoms with E-state index in [2.05, 4.69) is 13.8 Å². The van der Waals surface area contributed by atoms with Crippen molar-refractivity contribution in [2.75, 3.05) is 14.2 Å². The van der Waals surface area contributed by atoms with Gasteiger partial charge in [-0.05, 0) is 30.4 Å². The Kier molecular flexibility index (Phi) is 10.1. The summed E-state index contributed by atoms with van der Waals surface area (Å²) in [5.41, 5.74) is 8.14.